The zero-order chi connectivity index (χ0) is 25.2. The summed E-state index contributed by atoms with van der Waals surface area (Å²) >= 11 is 1.63. The van der Waals surface area contributed by atoms with Crippen LogP contribution in [0.1, 0.15) is 74.9 Å². The van der Waals surface area contributed by atoms with Crippen LogP contribution in [-0.4, -0.2) is 21.4 Å². The molecule has 0 radical (unpaired) electrons. The molecule has 0 spiro atoms. The SMILES string of the molecule is Cc1nn(C(=O)CSCc2c(C)c(C)c(C)c(C)c2C)c(C)c1N=Nc1ccc(C(C)C)cc1. The molecular formula is C28H36N4OS. The van der Waals surface area contributed by atoms with Crippen molar-refractivity contribution in [1.82, 2.24) is 9.78 Å². The maximum Gasteiger partial charge on any atom is 0.257 e. The number of carbonyl (C=O) groups is 1. The summed E-state index contributed by atoms with van der Waals surface area (Å²) in [4.78, 5) is 13.0. The van der Waals surface area contributed by atoms with Crippen LogP contribution < -0.4 is 0 Å². The maximum atomic E-state index is 13.0. The van der Waals surface area contributed by atoms with Crippen LogP contribution in [0.4, 0.5) is 11.4 Å². The fourth-order valence-corrected chi connectivity index (χ4v) is 5.19. The van der Waals surface area contributed by atoms with Gasteiger partial charge in [0.2, 0.25) is 0 Å². The Hall–Kier alpha value is -2.73. The first kappa shape index (κ1) is 25.9. The molecule has 0 unspecified atom stereocenters. The Morgan fingerprint density at radius 1 is 0.882 bits per heavy atom. The molecule has 0 bridgehead atoms. The molecule has 0 fully saturated rings. The average Bonchev–Trinajstić information content (AvgIpc) is 3.10. The van der Waals surface area contributed by atoms with Gasteiger partial charge in [0.05, 0.1) is 22.8 Å². The quantitative estimate of drug-likeness (QED) is 0.323. The number of hydrogen-bond donors (Lipinski definition) is 0. The Kier molecular flexibility index (Phi) is 8.13. The Labute approximate surface area is 208 Å². The van der Waals surface area contributed by atoms with Gasteiger partial charge in [-0.2, -0.15) is 10.2 Å². The number of aromatic nitrogens is 2. The number of rotatable bonds is 7. The van der Waals surface area contributed by atoms with Crippen LogP contribution in [-0.2, 0) is 5.75 Å². The van der Waals surface area contributed by atoms with Gasteiger partial charge in [-0.05, 0) is 105 Å². The van der Waals surface area contributed by atoms with E-state index >= 15 is 0 Å². The van der Waals surface area contributed by atoms with Crippen molar-refractivity contribution in [2.45, 2.75) is 74.0 Å². The highest BCUT2D eigenvalue weighted by Crippen LogP contribution is 2.30. The largest absolute Gasteiger partial charge is 0.272 e. The summed E-state index contributed by atoms with van der Waals surface area (Å²) in [5.41, 5.74) is 12.2. The van der Waals surface area contributed by atoms with Crippen LogP contribution in [0.15, 0.2) is 34.5 Å². The third-order valence-electron chi connectivity index (χ3n) is 6.94. The zero-order valence-electron chi connectivity index (χ0n) is 21.9. The third-order valence-corrected chi connectivity index (χ3v) is 7.89. The van der Waals surface area contributed by atoms with Crippen molar-refractivity contribution in [1.29, 1.82) is 0 Å². The van der Waals surface area contributed by atoms with E-state index in [-0.39, 0.29) is 5.91 Å². The number of nitrogens with zero attached hydrogens (tertiary/aromatic N) is 4. The van der Waals surface area contributed by atoms with E-state index in [2.05, 4.69) is 75.9 Å². The average molecular weight is 477 g/mol. The lowest BCUT2D eigenvalue weighted by atomic mass is 9.90. The van der Waals surface area contributed by atoms with Crippen molar-refractivity contribution in [2.75, 3.05) is 5.75 Å². The molecule has 0 aliphatic rings. The molecule has 0 saturated heterocycles. The molecule has 0 saturated carbocycles. The number of carbonyl (C=O) groups excluding carboxylic acids is 1. The van der Waals surface area contributed by atoms with Crippen molar-refractivity contribution < 1.29 is 4.79 Å². The number of hydrogen-bond acceptors (Lipinski definition) is 5. The van der Waals surface area contributed by atoms with E-state index < -0.39 is 0 Å². The maximum absolute atomic E-state index is 13.0. The van der Waals surface area contributed by atoms with E-state index in [1.165, 1.54) is 43.6 Å². The number of aryl methyl sites for hydroxylation is 1. The molecule has 5 nitrogen and oxygen atoms in total. The number of azo groups is 1. The van der Waals surface area contributed by atoms with Gasteiger partial charge < -0.3 is 0 Å². The van der Waals surface area contributed by atoms with Gasteiger partial charge in [0.25, 0.3) is 5.91 Å². The Morgan fingerprint density at radius 3 is 2.00 bits per heavy atom. The molecular weight excluding hydrogens is 440 g/mol. The fourth-order valence-electron chi connectivity index (χ4n) is 4.15. The summed E-state index contributed by atoms with van der Waals surface area (Å²) < 4.78 is 1.48. The van der Waals surface area contributed by atoms with Gasteiger partial charge in [0, 0.05) is 5.75 Å². The van der Waals surface area contributed by atoms with Crippen molar-refractivity contribution >= 4 is 29.0 Å². The van der Waals surface area contributed by atoms with Gasteiger partial charge in [-0.25, -0.2) is 4.68 Å². The lowest BCUT2D eigenvalue weighted by Gasteiger charge is -2.18. The standard InChI is InChI=1S/C28H36N4OS/c1-16(2)24-10-12-25(13-11-24)29-30-28-22(8)31-32(23(28)9)27(33)15-34-14-26-20(6)18(4)17(3)19(5)21(26)7/h10-13,16H,14-15H2,1-9H3. The minimum absolute atomic E-state index is 0.0378. The third kappa shape index (κ3) is 5.33. The van der Waals surface area contributed by atoms with E-state index in [1.54, 1.807) is 11.8 Å². The van der Waals surface area contributed by atoms with Gasteiger partial charge in [0.1, 0.15) is 5.69 Å². The van der Waals surface area contributed by atoms with Crippen LogP contribution in [0.25, 0.3) is 0 Å². The van der Waals surface area contributed by atoms with Crippen molar-refractivity contribution in [3.8, 4) is 0 Å². The molecule has 34 heavy (non-hydrogen) atoms. The van der Waals surface area contributed by atoms with Gasteiger partial charge in [-0.1, -0.05) is 26.0 Å². The smallest absolute Gasteiger partial charge is 0.257 e. The fraction of sp³-hybridized carbons (Fsp3) is 0.429. The molecule has 0 atom stereocenters. The molecule has 1 aromatic heterocycles. The Morgan fingerprint density at radius 2 is 1.44 bits per heavy atom. The molecule has 180 valence electrons. The van der Waals surface area contributed by atoms with Crippen LogP contribution >= 0.6 is 11.8 Å². The predicted molar refractivity (Wildman–Crippen MR) is 143 cm³/mol. The van der Waals surface area contributed by atoms with Gasteiger partial charge in [0.15, 0.2) is 0 Å². The van der Waals surface area contributed by atoms with E-state index in [1.807, 2.05) is 26.0 Å². The normalized spacial score (nSPS) is 11.7. The lowest BCUT2D eigenvalue weighted by molar-refractivity contribution is 0.0924. The summed E-state index contributed by atoms with van der Waals surface area (Å²) in [5, 5.41) is 13.2. The van der Waals surface area contributed by atoms with Crippen LogP contribution in [0.2, 0.25) is 0 Å². The Balaban J connectivity index is 1.71. The number of thioether (sulfide) groups is 1. The zero-order valence-corrected chi connectivity index (χ0v) is 22.7. The molecule has 0 aliphatic heterocycles. The number of benzene rings is 2. The highest BCUT2D eigenvalue weighted by Gasteiger charge is 2.18. The minimum Gasteiger partial charge on any atom is -0.272 e. The highest BCUT2D eigenvalue weighted by molar-refractivity contribution is 7.99. The van der Waals surface area contributed by atoms with Crippen molar-refractivity contribution in [3.63, 3.8) is 0 Å². The summed E-state index contributed by atoms with van der Waals surface area (Å²) in [6.07, 6.45) is 0. The van der Waals surface area contributed by atoms with Gasteiger partial charge >= 0.3 is 0 Å². The first-order valence-electron chi connectivity index (χ1n) is 11.8. The lowest BCUT2D eigenvalue weighted by Crippen LogP contribution is -2.16. The van der Waals surface area contributed by atoms with Gasteiger partial charge in [-0.15, -0.1) is 16.9 Å². The topological polar surface area (TPSA) is 59.6 Å². The van der Waals surface area contributed by atoms with Crippen molar-refractivity contribution in [2.24, 2.45) is 10.2 Å². The molecule has 0 aliphatic carbocycles. The summed E-state index contributed by atoms with van der Waals surface area (Å²) in [7, 11) is 0. The molecule has 2 aromatic carbocycles. The first-order valence-corrected chi connectivity index (χ1v) is 12.9. The minimum atomic E-state index is -0.0378. The van der Waals surface area contributed by atoms with E-state index in [4.69, 9.17) is 0 Å². The Bertz CT molecular complexity index is 1210. The molecule has 3 aromatic rings. The summed E-state index contributed by atoms with van der Waals surface area (Å²) in [6.45, 7) is 19.0. The monoisotopic (exact) mass is 476 g/mol. The van der Waals surface area contributed by atoms with E-state index in [9.17, 15) is 4.79 Å². The van der Waals surface area contributed by atoms with Gasteiger partial charge in [-0.3, -0.25) is 4.79 Å². The second kappa shape index (κ2) is 10.7. The molecule has 0 amide bonds. The van der Waals surface area contributed by atoms with Crippen LogP contribution in [0, 0.1) is 48.5 Å². The summed E-state index contributed by atoms with van der Waals surface area (Å²) in [5.74, 6) is 1.61. The van der Waals surface area contributed by atoms with E-state index in [0.29, 0.717) is 23.1 Å². The summed E-state index contributed by atoms with van der Waals surface area (Å²) in [6, 6.07) is 8.08. The molecule has 0 N–H and O–H groups in total. The molecule has 3 rings (SSSR count). The van der Waals surface area contributed by atoms with E-state index in [0.717, 1.165) is 17.1 Å². The first-order chi connectivity index (χ1) is 16.0. The predicted octanol–water partition coefficient (Wildman–Crippen LogP) is 8.15. The highest BCUT2D eigenvalue weighted by atomic mass is 32.2. The van der Waals surface area contributed by atoms with Crippen LogP contribution in [0.3, 0.4) is 0 Å². The molecule has 1 heterocycles. The molecule has 6 heteroatoms. The second-order valence-electron chi connectivity index (χ2n) is 9.37. The van der Waals surface area contributed by atoms with Crippen LogP contribution in [0.5, 0.6) is 0 Å². The van der Waals surface area contributed by atoms with Crippen molar-refractivity contribution in [3.05, 3.63) is 74.6 Å². The second-order valence-corrected chi connectivity index (χ2v) is 10.4.